The summed E-state index contributed by atoms with van der Waals surface area (Å²) in [5.41, 5.74) is -7.67. The molecule has 0 radical (unpaired) electrons. The molecule has 41 heavy (non-hydrogen) atoms. The van der Waals surface area contributed by atoms with Crippen LogP contribution in [-0.4, -0.2) is 53.9 Å². The topological polar surface area (TPSA) is 99.1 Å². The van der Waals surface area contributed by atoms with Gasteiger partial charge in [-0.05, 0) is 48.2 Å². The number of carbonyl (C=O) groups is 3. The predicted octanol–water partition coefficient (Wildman–Crippen LogP) is 5.94. The number of rotatable bonds is 5. The predicted molar refractivity (Wildman–Crippen MR) is 141 cm³/mol. The smallest absolute Gasteiger partial charge is 0.434 e. The maximum atomic E-state index is 17.5. The lowest BCUT2D eigenvalue weighted by molar-refractivity contribution is -0.230. The molecular weight excluding hydrogens is 541 g/mol. The van der Waals surface area contributed by atoms with Crippen molar-refractivity contribution in [1.29, 1.82) is 0 Å². The van der Waals surface area contributed by atoms with Crippen LogP contribution < -0.4 is 0 Å². The van der Waals surface area contributed by atoms with Gasteiger partial charge in [-0.1, -0.05) is 47.6 Å². The van der Waals surface area contributed by atoms with Crippen LogP contribution in [0.25, 0.3) is 0 Å². The van der Waals surface area contributed by atoms with Crippen molar-refractivity contribution in [3.05, 3.63) is 23.6 Å². The van der Waals surface area contributed by atoms with E-state index in [2.05, 4.69) is 27.7 Å². The summed E-state index contributed by atoms with van der Waals surface area (Å²) in [6, 6.07) is 0. The Morgan fingerprint density at radius 1 is 1.07 bits per heavy atom. The summed E-state index contributed by atoms with van der Waals surface area (Å²) >= 11 is 0. The molecule has 3 fully saturated rings. The molecular formula is C31H41F3O7. The molecule has 0 aromatic carbocycles. The summed E-state index contributed by atoms with van der Waals surface area (Å²) in [4.78, 5) is 38.9. The van der Waals surface area contributed by atoms with E-state index in [1.54, 1.807) is 13.8 Å². The number of hydrogen-bond donors (Lipinski definition) is 1. The Morgan fingerprint density at radius 2 is 1.71 bits per heavy atom. The molecule has 5 rings (SSSR count). The highest BCUT2D eigenvalue weighted by atomic mass is 19.1. The molecule has 0 bridgehead atoms. The van der Waals surface area contributed by atoms with E-state index in [-0.39, 0.29) is 54.0 Å². The number of carbonyl (C=O) groups excluding carboxylic acids is 3. The molecule has 5 aliphatic carbocycles. The van der Waals surface area contributed by atoms with Crippen molar-refractivity contribution in [1.82, 2.24) is 0 Å². The van der Waals surface area contributed by atoms with Crippen molar-refractivity contribution in [3.63, 3.8) is 0 Å². The largest absolute Gasteiger partial charge is 0.509 e. The van der Waals surface area contributed by atoms with Crippen molar-refractivity contribution in [2.75, 3.05) is 13.5 Å². The second-order valence-electron chi connectivity index (χ2n) is 14.5. The number of aliphatic hydroxyl groups is 1. The summed E-state index contributed by atoms with van der Waals surface area (Å²) < 4.78 is 62.7. The Labute approximate surface area is 238 Å². The molecule has 7 nitrogen and oxygen atoms in total. The zero-order valence-electron chi connectivity index (χ0n) is 24.8. The molecule has 10 heteroatoms. The molecule has 0 heterocycles. The summed E-state index contributed by atoms with van der Waals surface area (Å²) in [6.45, 7) is 11.5. The Kier molecular flexibility index (Phi) is 6.66. The lowest BCUT2D eigenvalue weighted by Crippen LogP contribution is -2.70. The van der Waals surface area contributed by atoms with Gasteiger partial charge in [0.05, 0.1) is 12.7 Å². The highest BCUT2D eigenvalue weighted by molar-refractivity contribution is 5.93. The van der Waals surface area contributed by atoms with Gasteiger partial charge in [0.1, 0.15) is 5.83 Å². The zero-order valence-corrected chi connectivity index (χ0v) is 24.8. The quantitative estimate of drug-likeness (QED) is 0.400. The number of alkyl halides is 2. The molecule has 0 spiro atoms. The van der Waals surface area contributed by atoms with Crippen LogP contribution >= 0.6 is 0 Å². The third-order valence-corrected chi connectivity index (χ3v) is 12.6. The van der Waals surface area contributed by atoms with Crippen LogP contribution in [0.5, 0.6) is 0 Å². The van der Waals surface area contributed by atoms with Gasteiger partial charge < -0.3 is 19.3 Å². The monoisotopic (exact) mass is 582 g/mol. The first kappa shape index (κ1) is 30.1. The lowest BCUT2D eigenvalue weighted by Gasteiger charge is -2.62. The number of fused-ring (bicyclic) bond motifs is 5. The van der Waals surface area contributed by atoms with Gasteiger partial charge in [0, 0.05) is 41.4 Å². The standard InChI is InChI=1S/C31H41F3O7/c1-16-10-18-19-12-21(33)20-11-17(35)8-9-28(20,6)30(19,34)23(36)13-29(18,7)31(16,24(37)40-15-32)41-25(38)39-14-22-26(2,3)27(22,4)5/h8-9,16,18-19,22-23,36H,10-15H2,1-7H3/t16-,18+,19+,23+,28+,29+,30+,31+/m1/s1. The first-order chi connectivity index (χ1) is 18.9. The van der Waals surface area contributed by atoms with E-state index < -0.39 is 77.2 Å². The van der Waals surface area contributed by atoms with Crippen molar-refractivity contribution in [2.45, 2.75) is 91.5 Å². The number of allylic oxidation sites excluding steroid dienone is 4. The molecule has 0 aromatic rings. The van der Waals surface area contributed by atoms with Gasteiger partial charge >= 0.3 is 12.1 Å². The minimum Gasteiger partial charge on any atom is -0.434 e. The van der Waals surface area contributed by atoms with Gasteiger partial charge in [-0.3, -0.25) is 4.79 Å². The van der Waals surface area contributed by atoms with Crippen molar-refractivity contribution < 1.29 is 46.9 Å². The third kappa shape index (κ3) is 3.64. The zero-order chi connectivity index (χ0) is 30.6. The molecule has 228 valence electrons. The Morgan fingerprint density at radius 3 is 2.29 bits per heavy atom. The van der Waals surface area contributed by atoms with Gasteiger partial charge in [0.25, 0.3) is 0 Å². The minimum absolute atomic E-state index is 0.0197. The van der Waals surface area contributed by atoms with E-state index >= 15 is 8.78 Å². The highest BCUT2D eigenvalue weighted by Gasteiger charge is 2.78. The number of ketones is 1. The van der Waals surface area contributed by atoms with Crippen molar-refractivity contribution in [3.8, 4) is 0 Å². The van der Waals surface area contributed by atoms with Crippen LogP contribution in [0.4, 0.5) is 18.0 Å². The Hall–Kier alpha value is -2.36. The van der Waals surface area contributed by atoms with Crippen LogP contribution in [0.1, 0.15) is 74.1 Å². The third-order valence-electron chi connectivity index (χ3n) is 12.6. The van der Waals surface area contributed by atoms with E-state index in [1.165, 1.54) is 19.1 Å². The fourth-order valence-corrected chi connectivity index (χ4v) is 9.41. The van der Waals surface area contributed by atoms with Gasteiger partial charge in [-0.15, -0.1) is 0 Å². The fourth-order valence-electron chi connectivity index (χ4n) is 9.41. The second-order valence-corrected chi connectivity index (χ2v) is 14.5. The van der Waals surface area contributed by atoms with Crippen LogP contribution in [0.3, 0.4) is 0 Å². The molecule has 0 aliphatic heterocycles. The maximum Gasteiger partial charge on any atom is 0.509 e. The van der Waals surface area contributed by atoms with E-state index in [0.29, 0.717) is 0 Å². The number of halogens is 3. The molecule has 5 aliphatic rings. The van der Waals surface area contributed by atoms with Gasteiger partial charge in [0.2, 0.25) is 12.5 Å². The number of aliphatic hydroxyl groups excluding tert-OH is 1. The van der Waals surface area contributed by atoms with Crippen LogP contribution in [-0.2, 0) is 23.8 Å². The van der Waals surface area contributed by atoms with E-state index in [1.807, 2.05) is 0 Å². The average molecular weight is 583 g/mol. The first-order valence-electron chi connectivity index (χ1n) is 14.4. The number of hydrogen-bond acceptors (Lipinski definition) is 7. The summed E-state index contributed by atoms with van der Waals surface area (Å²) in [6.07, 6.45) is -1.20. The highest BCUT2D eigenvalue weighted by Crippen LogP contribution is 2.72. The van der Waals surface area contributed by atoms with E-state index in [4.69, 9.17) is 14.2 Å². The maximum absolute atomic E-state index is 17.5. The van der Waals surface area contributed by atoms with Crippen LogP contribution in [0, 0.1) is 45.3 Å². The summed E-state index contributed by atoms with van der Waals surface area (Å²) in [5.74, 6) is -4.75. The summed E-state index contributed by atoms with van der Waals surface area (Å²) in [7, 11) is 0. The molecule has 0 aromatic heterocycles. The van der Waals surface area contributed by atoms with E-state index in [9.17, 15) is 23.9 Å². The van der Waals surface area contributed by atoms with E-state index in [0.717, 1.165) is 0 Å². The molecule has 0 saturated heterocycles. The summed E-state index contributed by atoms with van der Waals surface area (Å²) in [5, 5.41) is 11.6. The van der Waals surface area contributed by atoms with Crippen LogP contribution in [0.2, 0.25) is 0 Å². The molecule has 0 amide bonds. The molecule has 0 unspecified atom stereocenters. The molecule has 3 saturated carbocycles. The normalized spacial score (nSPS) is 44.0. The van der Waals surface area contributed by atoms with Crippen molar-refractivity contribution >= 4 is 17.9 Å². The van der Waals surface area contributed by atoms with Crippen molar-refractivity contribution in [2.24, 2.45) is 45.3 Å². The average Bonchev–Trinajstić information content (AvgIpc) is 3.15. The Bertz CT molecular complexity index is 1230. The van der Waals surface area contributed by atoms with Crippen LogP contribution in [0.15, 0.2) is 23.6 Å². The lowest BCUT2D eigenvalue weighted by atomic mass is 9.45. The fraction of sp³-hybridized carbons (Fsp3) is 0.774. The molecule has 1 N–H and O–H groups in total. The second kappa shape index (κ2) is 9.07. The van der Waals surface area contributed by atoms with Gasteiger partial charge in [-0.25, -0.2) is 22.8 Å². The molecule has 8 atom stereocenters. The Balaban J connectivity index is 1.52. The number of esters is 1. The minimum atomic E-state index is -2.37. The first-order valence-corrected chi connectivity index (χ1v) is 14.4. The number of ether oxygens (including phenoxy) is 3. The van der Waals surface area contributed by atoms with Gasteiger partial charge in [0.15, 0.2) is 11.5 Å². The SMILES string of the molecule is C[C@@H]1C[C@H]2[C@@H]3CC(F)=C4CC(=O)C=C[C@]4(C)[C@@]3(F)[C@@H](O)C[C@]2(C)[C@@]1(OC(=O)OCC1C(C)(C)C1(C)C)C(=O)OCF. The van der Waals surface area contributed by atoms with Gasteiger partial charge in [-0.2, -0.15) is 0 Å².